The normalized spacial score (nSPS) is 13.3. The monoisotopic (exact) mass is 458 g/mol. The molecule has 1 unspecified atom stereocenters. The van der Waals surface area contributed by atoms with E-state index in [2.05, 4.69) is 5.32 Å². The predicted molar refractivity (Wildman–Crippen MR) is 124 cm³/mol. The molecule has 3 amide bonds. The summed E-state index contributed by atoms with van der Waals surface area (Å²) in [7, 11) is 1.49. The van der Waals surface area contributed by atoms with E-state index in [9.17, 15) is 19.2 Å². The molecule has 0 bridgehead atoms. The van der Waals surface area contributed by atoms with Gasteiger partial charge in [-0.15, -0.1) is 0 Å². The summed E-state index contributed by atoms with van der Waals surface area (Å²) in [4.78, 5) is 51.5. The largest absolute Gasteiger partial charge is 0.495 e. The van der Waals surface area contributed by atoms with E-state index >= 15 is 0 Å². The molecule has 0 aromatic heterocycles. The van der Waals surface area contributed by atoms with Crippen LogP contribution >= 0.6 is 0 Å². The highest BCUT2D eigenvalue weighted by Crippen LogP contribution is 2.25. The Morgan fingerprint density at radius 3 is 2.24 bits per heavy atom. The van der Waals surface area contributed by atoms with E-state index in [-0.39, 0.29) is 23.9 Å². The molecule has 8 heteroatoms. The Hall–Kier alpha value is -4.46. The number of fused-ring (bicyclic) bond motifs is 1. The molecule has 0 spiro atoms. The van der Waals surface area contributed by atoms with Crippen LogP contribution in [-0.2, 0) is 16.1 Å². The zero-order valence-electron chi connectivity index (χ0n) is 18.6. The first-order valence-corrected chi connectivity index (χ1v) is 10.6. The van der Waals surface area contributed by atoms with Crippen molar-refractivity contribution in [3.63, 3.8) is 0 Å². The number of anilines is 1. The summed E-state index contributed by atoms with van der Waals surface area (Å²) < 4.78 is 10.5. The third-order valence-electron chi connectivity index (χ3n) is 5.40. The van der Waals surface area contributed by atoms with Gasteiger partial charge in [0.25, 0.3) is 17.7 Å². The highest BCUT2D eigenvalue weighted by Gasteiger charge is 2.35. The molecule has 0 saturated heterocycles. The summed E-state index contributed by atoms with van der Waals surface area (Å²) in [6.07, 6.45) is -1.07. The molecule has 1 aliphatic heterocycles. The van der Waals surface area contributed by atoms with Crippen molar-refractivity contribution in [3.8, 4) is 5.75 Å². The van der Waals surface area contributed by atoms with Crippen LogP contribution in [0.2, 0.25) is 0 Å². The van der Waals surface area contributed by atoms with Gasteiger partial charge in [0.2, 0.25) is 0 Å². The number of amides is 3. The second-order valence-corrected chi connectivity index (χ2v) is 7.68. The zero-order chi connectivity index (χ0) is 24.2. The lowest BCUT2D eigenvalue weighted by Gasteiger charge is -2.16. The van der Waals surface area contributed by atoms with Crippen molar-refractivity contribution in [3.05, 3.63) is 95.1 Å². The number of nitrogens with zero attached hydrogens (tertiary/aromatic N) is 1. The zero-order valence-corrected chi connectivity index (χ0v) is 18.6. The minimum Gasteiger partial charge on any atom is -0.495 e. The first-order chi connectivity index (χ1) is 16.4. The minimum atomic E-state index is -1.07. The van der Waals surface area contributed by atoms with Crippen LogP contribution in [0.4, 0.5) is 5.69 Å². The van der Waals surface area contributed by atoms with Crippen molar-refractivity contribution in [2.45, 2.75) is 19.6 Å². The Labute approximate surface area is 196 Å². The van der Waals surface area contributed by atoms with E-state index in [0.29, 0.717) is 28.1 Å². The van der Waals surface area contributed by atoms with Gasteiger partial charge in [0.05, 0.1) is 36.0 Å². The predicted octanol–water partition coefficient (Wildman–Crippen LogP) is 3.68. The molecule has 1 atom stereocenters. The van der Waals surface area contributed by atoms with Crippen LogP contribution in [0.1, 0.15) is 43.6 Å². The van der Waals surface area contributed by atoms with Crippen LogP contribution < -0.4 is 10.1 Å². The quantitative estimate of drug-likeness (QED) is 0.428. The van der Waals surface area contributed by atoms with Crippen molar-refractivity contribution in [1.29, 1.82) is 0 Å². The maximum absolute atomic E-state index is 12.7. The molecule has 1 N–H and O–H groups in total. The van der Waals surface area contributed by atoms with E-state index in [1.165, 1.54) is 20.1 Å². The molecule has 0 aliphatic carbocycles. The highest BCUT2D eigenvalue weighted by molar-refractivity contribution is 6.21. The number of esters is 1. The van der Waals surface area contributed by atoms with Gasteiger partial charge < -0.3 is 14.8 Å². The van der Waals surface area contributed by atoms with Crippen LogP contribution in [0.3, 0.4) is 0 Å². The van der Waals surface area contributed by atoms with Gasteiger partial charge in [-0.3, -0.25) is 19.3 Å². The fourth-order valence-corrected chi connectivity index (χ4v) is 3.63. The van der Waals surface area contributed by atoms with Gasteiger partial charge in [0.15, 0.2) is 6.10 Å². The van der Waals surface area contributed by atoms with Crippen molar-refractivity contribution in [1.82, 2.24) is 4.90 Å². The lowest BCUT2D eigenvalue weighted by Crippen LogP contribution is -2.30. The Morgan fingerprint density at radius 1 is 0.912 bits per heavy atom. The van der Waals surface area contributed by atoms with E-state index in [4.69, 9.17) is 9.47 Å². The van der Waals surface area contributed by atoms with Crippen LogP contribution in [0.5, 0.6) is 5.75 Å². The molecule has 1 heterocycles. The Bertz CT molecular complexity index is 1250. The number of carbonyl (C=O) groups excluding carboxylic acids is 4. The number of rotatable bonds is 7. The number of benzene rings is 3. The fourth-order valence-electron chi connectivity index (χ4n) is 3.63. The maximum atomic E-state index is 12.7. The molecule has 172 valence electrons. The average molecular weight is 458 g/mol. The number of hydrogen-bond donors (Lipinski definition) is 1. The van der Waals surface area contributed by atoms with Gasteiger partial charge in [-0.25, -0.2) is 4.79 Å². The molecular formula is C26H22N2O6. The smallest absolute Gasteiger partial charge is 0.338 e. The van der Waals surface area contributed by atoms with Gasteiger partial charge in [-0.1, -0.05) is 36.4 Å². The first-order valence-electron chi connectivity index (χ1n) is 10.6. The number of imide groups is 1. The Kier molecular flexibility index (Phi) is 6.40. The second-order valence-electron chi connectivity index (χ2n) is 7.68. The SMILES string of the molecule is COc1ccccc1NC(=O)C(C)OC(=O)c1cccc(CN2C(=O)c3ccccc3C2=O)c1. The van der Waals surface area contributed by atoms with Gasteiger partial charge in [-0.2, -0.15) is 0 Å². The van der Waals surface area contributed by atoms with Crippen molar-refractivity contribution in [2.75, 3.05) is 12.4 Å². The molecule has 8 nitrogen and oxygen atoms in total. The second kappa shape index (κ2) is 9.58. The van der Waals surface area contributed by atoms with Gasteiger partial charge in [0.1, 0.15) is 5.75 Å². The molecule has 0 saturated carbocycles. The van der Waals surface area contributed by atoms with Gasteiger partial charge in [0, 0.05) is 0 Å². The minimum absolute atomic E-state index is 0.0112. The van der Waals surface area contributed by atoms with Crippen molar-refractivity contribution < 1.29 is 28.7 Å². The number of ether oxygens (including phenoxy) is 2. The number of nitrogens with one attached hydrogen (secondary N) is 1. The summed E-state index contributed by atoms with van der Waals surface area (Å²) in [5.74, 6) is -1.49. The molecule has 1 aliphatic rings. The first kappa shape index (κ1) is 22.7. The topological polar surface area (TPSA) is 102 Å². The number of hydrogen-bond acceptors (Lipinski definition) is 6. The Morgan fingerprint density at radius 2 is 1.56 bits per heavy atom. The molecule has 3 aromatic carbocycles. The van der Waals surface area contributed by atoms with E-state index < -0.39 is 18.0 Å². The van der Waals surface area contributed by atoms with Gasteiger partial charge in [-0.05, 0) is 48.9 Å². The molecule has 34 heavy (non-hydrogen) atoms. The molecular weight excluding hydrogens is 436 g/mol. The van der Waals surface area contributed by atoms with Crippen LogP contribution in [0.15, 0.2) is 72.8 Å². The molecule has 4 rings (SSSR count). The standard InChI is InChI=1S/C26H22N2O6/c1-16(23(29)27-21-12-5-6-13-22(21)33-2)34-26(32)18-9-7-8-17(14-18)15-28-24(30)19-10-3-4-11-20(19)25(28)31/h3-14,16H,15H2,1-2H3,(H,27,29). The summed E-state index contributed by atoms with van der Waals surface area (Å²) in [5, 5.41) is 2.67. The molecule has 0 fully saturated rings. The number of methoxy groups -OCH3 is 1. The highest BCUT2D eigenvalue weighted by atomic mass is 16.5. The van der Waals surface area contributed by atoms with E-state index in [1.807, 2.05) is 0 Å². The van der Waals surface area contributed by atoms with Crippen molar-refractivity contribution in [2.24, 2.45) is 0 Å². The van der Waals surface area contributed by atoms with Crippen LogP contribution in [0.25, 0.3) is 0 Å². The van der Waals surface area contributed by atoms with Crippen LogP contribution in [0, 0.1) is 0 Å². The number of carbonyl (C=O) groups is 4. The van der Waals surface area contributed by atoms with Crippen molar-refractivity contribution >= 4 is 29.4 Å². The Balaban J connectivity index is 1.41. The summed E-state index contributed by atoms with van der Waals surface area (Å²) >= 11 is 0. The molecule has 0 radical (unpaired) electrons. The maximum Gasteiger partial charge on any atom is 0.338 e. The summed E-state index contributed by atoms with van der Waals surface area (Å²) in [6, 6.07) is 19.9. The van der Waals surface area contributed by atoms with E-state index in [0.717, 1.165) is 4.90 Å². The third-order valence-corrected chi connectivity index (χ3v) is 5.40. The lowest BCUT2D eigenvalue weighted by molar-refractivity contribution is -0.123. The third kappa shape index (κ3) is 4.52. The summed E-state index contributed by atoms with van der Waals surface area (Å²) in [5.41, 5.74) is 1.96. The number of para-hydroxylation sites is 2. The van der Waals surface area contributed by atoms with Crippen LogP contribution in [-0.4, -0.2) is 41.8 Å². The van der Waals surface area contributed by atoms with Gasteiger partial charge >= 0.3 is 5.97 Å². The molecule has 3 aromatic rings. The lowest BCUT2D eigenvalue weighted by atomic mass is 10.1. The summed E-state index contributed by atoms with van der Waals surface area (Å²) in [6.45, 7) is 1.47. The average Bonchev–Trinajstić information content (AvgIpc) is 3.09. The van der Waals surface area contributed by atoms with E-state index in [1.54, 1.807) is 66.7 Å². The fraction of sp³-hybridized carbons (Fsp3) is 0.154.